The third-order valence-electron chi connectivity index (χ3n) is 5.20. The molecule has 1 aromatic heterocycles. The van der Waals surface area contributed by atoms with Gasteiger partial charge in [0.15, 0.2) is 0 Å². The normalized spacial score (nSPS) is 20.9. The highest BCUT2D eigenvalue weighted by Crippen LogP contribution is 2.37. The minimum atomic E-state index is -3.12. The Labute approximate surface area is 142 Å². The number of hydrogen-bond donors (Lipinski definition) is 1. The Morgan fingerprint density at radius 1 is 1.12 bits per heavy atom. The predicted octanol–water partition coefficient (Wildman–Crippen LogP) is 1.40. The van der Waals surface area contributed by atoms with E-state index < -0.39 is 10.0 Å². The molecule has 2 aliphatic heterocycles. The van der Waals surface area contributed by atoms with E-state index in [2.05, 4.69) is 22.0 Å². The fourth-order valence-corrected chi connectivity index (χ4v) is 4.76. The van der Waals surface area contributed by atoms with Crippen LogP contribution < -0.4 is 5.32 Å². The van der Waals surface area contributed by atoms with Gasteiger partial charge in [0.05, 0.1) is 23.7 Å². The van der Waals surface area contributed by atoms with Crippen molar-refractivity contribution in [3.05, 3.63) is 42.4 Å². The summed E-state index contributed by atoms with van der Waals surface area (Å²) in [5.74, 6) is 1.04. The van der Waals surface area contributed by atoms with Gasteiger partial charge >= 0.3 is 0 Å². The van der Waals surface area contributed by atoms with Crippen LogP contribution in [0.4, 0.5) is 0 Å². The zero-order valence-corrected chi connectivity index (χ0v) is 14.6. The molecule has 128 valence electrons. The first-order valence-corrected chi connectivity index (χ1v) is 10.2. The second-order valence-corrected chi connectivity index (χ2v) is 8.64. The number of nitrogens with one attached hydrogen (secondary N) is 1. The van der Waals surface area contributed by atoms with E-state index in [1.807, 2.05) is 24.4 Å². The largest absolute Gasteiger partial charge is 0.325 e. The van der Waals surface area contributed by atoms with Gasteiger partial charge in [-0.3, -0.25) is 0 Å². The first-order chi connectivity index (χ1) is 11.5. The van der Waals surface area contributed by atoms with Gasteiger partial charge in [0, 0.05) is 26.2 Å². The first kappa shape index (κ1) is 15.8. The highest BCUT2D eigenvalue weighted by molar-refractivity contribution is 7.88. The Bertz CT molecular complexity index is 837. The lowest BCUT2D eigenvalue weighted by Gasteiger charge is -2.44. The van der Waals surface area contributed by atoms with Crippen molar-refractivity contribution < 1.29 is 8.42 Å². The van der Waals surface area contributed by atoms with Crippen molar-refractivity contribution in [3.63, 3.8) is 0 Å². The van der Waals surface area contributed by atoms with Gasteiger partial charge in [-0.1, -0.05) is 30.3 Å². The smallest absolute Gasteiger partial charge is 0.211 e. The van der Waals surface area contributed by atoms with E-state index in [0.717, 1.165) is 37.4 Å². The standard InChI is InChI=1S/C17H22N4O2S/c1-24(22,23)20-10-7-17(8-11-20)16-18-13-15(21(16)12-9-19-17)14-5-3-2-4-6-14/h2-6,13,19H,7-12H2,1H3. The van der Waals surface area contributed by atoms with Gasteiger partial charge in [-0.15, -0.1) is 0 Å². The van der Waals surface area contributed by atoms with Crippen LogP contribution in [0.5, 0.6) is 0 Å². The lowest BCUT2D eigenvalue weighted by Crippen LogP contribution is -2.56. The fourth-order valence-electron chi connectivity index (χ4n) is 3.91. The van der Waals surface area contributed by atoms with Crippen molar-refractivity contribution in [2.24, 2.45) is 0 Å². The molecule has 0 saturated carbocycles. The molecule has 0 unspecified atom stereocenters. The Morgan fingerprint density at radius 2 is 1.83 bits per heavy atom. The second-order valence-electron chi connectivity index (χ2n) is 6.66. The highest BCUT2D eigenvalue weighted by atomic mass is 32.2. The molecule has 0 bridgehead atoms. The number of benzene rings is 1. The third-order valence-corrected chi connectivity index (χ3v) is 6.50. The van der Waals surface area contributed by atoms with Gasteiger partial charge in [-0.25, -0.2) is 17.7 Å². The summed E-state index contributed by atoms with van der Waals surface area (Å²) >= 11 is 0. The number of nitrogens with zero attached hydrogens (tertiary/aromatic N) is 3. The summed E-state index contributed by atoms with van der Waals surface area (Å²) in [5, 5.41) is 3.62. The average Bonchev–Trinajstić information content (AvgIpc) is 3.01. The molecule has 3 heterocycles. The zero-order valence-electron chi connectivity index (χ0n) is 13.8. The maximum atomic E-state index is 11.8. The topological polar surface area (TPSA) is 67.2 Å². The summed E-state index contributed by atoms with van der Waals surface area (Å²) in [6.07, 6.45) is 4.74. The van der Waals surface area contributed by atoms with E-state index in [-0.39, 0.29) is 5.54 Å². The lowest BCUT2D eigenvalue weighted by atomic mass is 9.86. The monoisotopic (exact) mass is 346 g/mol. The molecule has 1 fully saturated rings. The van der Waals surface area contributed by atoms with Gasteiger partial charge in [-0.2, -0.15) is 0 Å². The molecule has 6 nitrogen and oxygen atoms in total. The van der Waals surface area contributed by atoms with E-state index in [4.69, 9.17) is 4.98 Å². The minimum Gasteiger partial charge on any atom is -0.325 e. The maximum absolute atomic E-state index is 11.8. The number of imidazole rings is 1. The van der Waals surface area contributed by atoms with Crippen LogP contribution in [0.25, 0.3) is 11.3 Å². The second kappa shape index (κ2) is 5.68. The van der Waals surface area contributed by atoms with Gasteiger partial charge < -0.3 is 9.88 Å². The fraction of sp³-hybridized carbons (Fsp3) is 0.471. The molecule has 1 saturated heterocycles. The molecule has 0 atom stereocenters. The van der Waals surface area contributed by atoms with Gasteiger partial charge in [0.25, 0.3) is 0 Å². The SMILES string of the molecule is CS(=O)(=O)N1CCC2(CC1)NCCn1c(-c3ccccc3)cnc12. The highest BCUT2D eigenvalue weighted by Gasteiger charge is 2.43. The summed E-state index contributed by atoms with van der Waals surface area (Å²) in [4.78, 5) is 4.73. The number of hydrogen-bond acceptors (Lipinski definition) is 4. The number of piperidine rings is 1. The lowest BCUT2D eigenvalue weighted by molar-refractivity contribution is 0.160. The zero-order chi connectivity index (χ0) is 16.8. The first-order valence-electron chi connectivity index (χ1n) is 8.31. The molecule has 2 aliphatic rings. The number of rotatable bonds is 2. The Hall–Kier alpha value is -1.70. The molecule has 7 heteroatoms. The third kappa shape index (κ3) is 2.56. The van der Waals surface area contributed by atoms with Crippen LogP contribution in [-0.2, 0) is 22.1 Å². The predicted molar refractivity (Wildman–Crippen MR) is 93.0 cm³/mol. The molecule has 1 N–H and O–H groups in total. The van der Waals surface area contributed by atoms with E-state index >= 15 is 0 Å². The summed E-state index contributed by atoms with van der Waals surface area (Å²) in [5.41, 5.74) is 2.09. The maximum Gasteiger partial charge on any atom is 0.211 e. The molecule has 1 spiro atoms. The van der Waals surface area contributed by atoms with E-state index in [1.165, 1.54) is 11.8 Å². The molecule has 1 aromatic carbocycles. The molecule has 0 amide bonds. The van der Waals surface area contributed by atoms with E-state index in [1.54, 1.807) is 4.31 Å². The Balaban J connectivity index is 1.68. The molecular formula is C17H22N4O2S. The van der Waals surface area contributed by atoms with Crippen LogP contribution in [0.3, 0.4) is 0 Å². The van der Waals surface area contributed by atoms with Crippen molar-refractivity contribution in [2.45, 2.75) is 24.9 Å². The van der Waals surface area contributed by atoms with Gasteiger partial charge in [-0.05, 0) is 18.4 Å². The van der Waals surface area contributed by atoms with Crippen LogP contribution in [0.2, 0.25) is 0 Å². The average molecular weight is 346 g/mol. The van der Waals surface area contributed by atoms with Crippen LogP contribution in [0.1, 0.15) is 18.7 Å². The van der Waals surface area contributed by atoms with Crippen molar-refractivity contribution in [3.8, 4) is 11.3 Å². The van der Waals surface area contributed by atoms with Gasteiger partial charge in [0.1, 0.15) is 5.82 Å². The summed E-state index contributed by atoms with van der Waals surface area (Å²) < 4.78 is 27.4. The Kier molecular flexibility index (Phi) is 3.74. The minimum absolute atomic E-state index is 0.216. The van der Waals surface area contributed by atoms with Crippen molar-refractivity contribution in [1.29, 1.82) is 0 Å². The van der Waals surface area contributed by atoms with E-state index in [9.17, 15) is 8.42 Å². The molecule has 2 aromatic rings. The quantitative estimate of drug-likeness (QED) is 0.893. The van der Waals surface area contributed by atoms with Crippen molar-refractivity contribution >= 4 is 10.0 Å². The Morgan fingerprint density at radius 3 is 2.50 bits per heavy atom. The number of fused-ring (bicyclic) bond motifs is 2. The van der Waals surface area contributed by atoms with Crippen LogP contribution in [-0.4, -0.2) is 48.2 Å². The van der Waals surface area contributed by atoms with Crippen LogP contribution in [0, 0.1) is 0 Å². The molecule has 4 rings (SSSR count). The van der Waals surface area contributed by atoms with Crippen LogP contribution in [0.15, 0.2) is 36.5 Å². The molecule has 0 radical (unpaired) electrons. The van der Waals surface area contributed by atoms with Crippen molar-refractivity contribution in [2.75, 3.05) is 25.9 Å². The van der Waals surface area contributed by atoms with Crippen molar-refractivity contribution in [1.82, 2.24) is 19.2 Å². The van der Waals surface area contributed by atoms with Crippen LogP contribution >= 0.6 is 0 Å². The molecular weight excluding hydrogens is 324 g/mol. The number of sulfonamides is 1. The number of aromatic nitrogens is 2. The molecule has 0 aliphatic carbocycles. The molecule has 24 heavy (non-hydrogen) atoms. The summed E-state index contributed by atoms with van der Waals surface area (Å²) in [6.45, 7) is 2.85. The van der Waals surface area contributed by atoms with E-state index in [0.29, 0.717) is 13.1 Å². The summed E-state index contributed by atoms with van der Waals surface area (Å²) in [7, 11) is -3.12. The summed E-state index contributed by atoms with van der Waals surface area (Å²) in [6, 6.07) is 10.3. The van der Waals surface area contributed by atoms with Gasteiger partial charge in [0.2, 0.25) is 10.0 Å².